The molecule has 1 aliphatic heterocycles. The van der Waals surface area contributed by atoms with Crippen LogP contribution in [0.25, 0.3) is 0 Å². The Kier molecular flexibility index (Phi) is 5.12. The Morgan fingerprint density at radius 2 is 2.00 bits per heavy atom. The van der Waals surface area contributed by atoms with E-state index in [1.54, 1.807) is 23.5 Å². The molecule has 134 valence electrons. The summed E-state index contributed by atoms with van der Waals surface area (Å²) in [4.78, 5) is 0.220. The molecular weight excluding hydrogens is 350 g/mol. The van der Waals surface area contributed by atoms with Crippen molar-refractivity contribution in [2.75, 3.05) is 27.3 Å². The molecule has 24 heavy (non-hydrogen) atoms. The minimum Gasteiger partial charge on any atom is -0.495 e. The number of hydrogen-bond donors (Lipinski definition) is 0. The van der Waals surface area contributed by atoms with Gasteiger partial charge < -0.3 is 9.47 Å². The van der Waals surface area contributed by atoms with Crippen molar-refractivity contribution in [2.24, 2.45) is 5.41 Å². The maximum atomic E-state index is 13.1. The van der Waals surface area contributed by atoms with Crippen LogP contribution < -0.4 is 4.74 Å². The number of sulfonamides is 1. The zero-order valence-electron chi connectivity index (χ0n) is 14.1. The van der Waals surface area contributed by atoms with Gasteiger partial charge in [0.2, 0.25) is 10.0 Å². The Hall–Kier alpha value is -0.820. The van der Waals surface area contributed by atoms with Gasteiger partial charge in [-0.3, -0.25) is 0 Å². The molecule has 2 fully saturated rings. The predicted molar refractivity (Wildman–Crippen MR) is 93.1 cm³/mol. The number of halogens is 1. The van der Waals surface area contributed by atoms with Crippen molar-refractivity contribution in [1.82, 2.24) is 4.31 Å². The average molecular weight is 374 g/mol. The van der Waals surface area contributed by atoms with Crippen LogP contribution in [-0.2, 0) is 14.8 Å². The third-order valence-electron chi connectivity index (χ3n) is 5.44. The first kappa shape index (κ1) is 18.0. The first-order chi connectivity index (χ1) is 11.4. The SMILES string of the molecule is COc1ccc(S(=O)(=O)N2CCC[C@@]3(CCC[C@H]3OC)C2)cc1Cl. The summed E-state index contributed by atoms with van der Waals surface area (Å²) in [5, 5.41) is 0.306. The lowest BCUT2D eigenvalue weighted by Gasteiger charge is -2.43. The lowest BCUT2D eigenvalue weighted by molar-refractivity contribution is -0.0184. The van der Waals surface area contributed by atoms with E-state index in [1.165, 1.54) is 13.2 Å². The Labute approximate surface area is 148 Å². The summed E-state index contributed by atoms with van der Waals surface area (Å²) < 4.78 is 38.5. The van der Waals surface area contributed by atoms with Crippen LogP contribution in [0.5, 0.6) is 5.75 Å². The number of benzene rings is 1. The molecule has 1 saturated heterocycles. The summed E-state index contributed by atoms with van der Waals surface area (Å²) in [5.41, 5.74) is -0.0453. The van der Waals surface area contributed by atoms with E-state index in [1.807, 2.05) is 0 Å². The summed E-state index contributed by atoms with van der Waals surface area (Å²) in [6.07, 6.45) is 5.18. The van der Waals surface area contributed by atoms with Crippen molar-refractivity contribution < 1.29 is 17.9 Å². The van der Waals surface area contributed by atoms with Crippen LogP contribution in [0.1, 0.15) is 32.1 Å². The van der Waals surface area contributed by atoms with Crippen molar-refractivity contribution in [3.8, 4) is 5.75 Å². The minimum atomic E-state index is -3.57. The van der Waals surface area contributed by atoms with Gasteiger partial charge in [-0.1, -0.05) is 18.0 Å². The first-order valence-corrected chi connectivity index (χ1v) is 10.1. The molecule has 0 N–H and O–H groups in total. The fraction of sp³-hybridized carbons (Fsp3) is 0.647. The van der Waals surface area contributed by atoms with Crippen LogP contribution in [-0.4, -0.2) is 46.1 Å². The second-order valence-corrected chi connectivity index (χ2v) is 9.06. The van der Waals surface area contributed by atoms with Gasteiger partial charge in [-0.05, 0) is 43.9 Å². The molecule has 0 bridgehead atoms. The van der Waals surface area contributed by atoms with Crippen molar-refractivity contribution >= 4 is 21.6 Å². The molecule has 0 amide bonds. The van der Waals surface area contributed by atoms with E-state index in [2.05, 4.69) is 0 Å². The average Bonchev–Trinajstić information content (AvgIpc) is 2.96. The van der Waals surface area contributed by atoms with E-state index in [0.29, 0.717) is 23.9 Å². The molecule has 0 unspecified atom stereocenters. The molecule has 1 aliphatic carbocycles. The number of hydrogen-bond acceptors (Lipinski definition) is 4. The Bertz CT molecular complexity index is 709. The molecule has 2 aliphatic rings. The molecule has 1 aromatic carbocycles. The summed E-state index contributed by atoms with van der Waals surface area (Å²) in [6.45, 7) is 1.07. The molecule has 1 aromatic rings. The largest absolute Gasteiger partial charge is 0.495 e. The van der Waals surface area contributed by atoms with Crippen LogP contribution in [0.2, 0.25) is 5.02 Å². The van der Waals surface area contributed by atoms with Crippen molar-refractivity contribution in [1.29, 1.82) is 0 Å². The molecule has 3 rings (SSSR count). The molecule has 1 heterocycles. The van der Waals surface area contributed by atoms with Gasteiger partial charge in [-0.15, -0.1) is 0 Å². The van der Waals surface area contributed by atoms with Crippen molar-refractivity contribution in [3.05, 3.63) is 23.2 Å². The monoisotopic (exact) mass is 373 g/mol. The Balaban J connectivity index is 1.88. The third kappa shape index (κ3) is 3.05. The number of piperidine rings is 1. The van der Waals surface area contributed by atoms with Crippen LogP contribution in [0.15, 0.2) is 23.1 Å². The fourth-order valence-corrected chi connectivity index (χ4v) is 6.14. The van der Waals surface area contributed by atoms with Gasteiger partial charge in [0.25, 0.3) is 0 Å². The molecule has 1 saturated carbocycles. The van der Waals surface area contributed by atoms with Gasteiger partial charge in [0.1, 0.15) is 5.75 Å². The predicted octanol–water partition coefficient (Wildman–Crippen LogP) is 3.32. The van der Waals surface area contributed by atoms with Gasteiger partial charge in [-0.25, -0.2) is 8.42 Å². The number of methoxy groups -OCH3 is 2. The van der Waals surface area contributed by atoms with Crippen LogP contribution in [0.4, 0.5) is 0 Å². The standard InChI is InChI=1S/C17H24ClNO4S/c1-22-15-7-6-13(11-14(15)18)24(20,21)19-10-4-9-17(12-19)8-3-5-16(17)23-2/h6-7,11,16H,3-5,8-10,12H2,1-2H3/t16-,17+/m1/s1. The molecule has 0 radical (unpaired) electrons. The van der Waals surface area contributed by atoms with E-state index in [4.69, 9.17) is 21.1 Å². The smallest absolute Gasteiger partial charge is 0.243 e. The van der Waals surface area contributed by atoms with E-state index in [0.717, 1.165) is 32.1 Å². The highest BCUT2D eigenvalue weighted by Crippen LogP contribution is 2.47. The summed E-state index contributed by atoms with van der Waals surface area (Å²) >= 11 is 6.11. The quantitative estimate of drug-likeness (QED) is 0.812. The van der Waals surface area contributed by atoms with E-state index >= 15 is 0 Å². The lowest BCUT2D eigenvalue weighted by atomic mass is 9.77. The number of ether oxygens (including phenoxy) is 2. The normalized spacial score (nSPS) is 28.4. The lowest BCUT2D eigenvalue weighted by Crippen LogP contribution is -2.49. The molecule has 2 atom stereocenters. The molecular formula is C17H24ClNO4S. The third-order valence-corrected chi connectivity index (χ3v) is 7.58. The zero-order valence-corrected chi connectivity index (χ0v) is 15.7. The highest BCUT2D eigenvalue weighted by Gasteiger charge is 2.48. The number of nitrogens with zero attached hydrogens (tertiary/aromatic N) is 1. The minimum absolute atomic E-state index is 0.0453. The van der Waals surface area contributed by atoms with Gasteiger partial charge in [0.05, 0.1) is 23.1 Å². The van der Waals surface area contributed by atoms with E-state index in [-0.39, 0.29) is 16.4 Å². The highest BCUT2D eigenvalue weighted by molar-refractivity contribution is 7.89. The Morgan fingerprint density at radius 3 is 2.67 bits per heavy atom. The van der Waals surface area contributed by atoms with Gasteiger partial charge in [-0.2, -0.15) is 4.31 Å². The van der Waals surface area contributed by atoms with Crippen molar-refractivity contribution in [2.45, 2.75) is 43.1 Å². The Morgan fingerprint density at radius 1 is 1.25 bits per heavy atom. The molecule has 5 nitrogen and oxygen atoms in total. The second-order valence-electron chi connectivity index (χ2n) is 6.72. The van der Waals surface area contributed by atoms with E-state index in [9.17, 15) is 8.42 Å². The zero-order chi connectivity index (χ0) is 17.4. The van der Waals surface area contributed by atoms with Gasteiger partial charge in [0.15, 0.2) is 0 Å². The molecule has 0 aromatic heterocycles. The van der Waals surface area contributed by atoms with Crippen LogP contribution >= 0.6 is 11.6 Å². The summed E-state index contributed by atoms with van der Waals surface area (Å²) in [6, 6.07) is 4.63. The number of rotatable bonds is 4. The van der Waals surface area contributed by atoms with Crippen molar-refractivity contribution in [3.63, 3.8) is 0 Å². The highest BCUT2D eigenvalue weighted by atomic mass is 35.5. The first-order valence-electron chi connectivity index (χ1n) is 8.29. The van der Waals surface area contributed by atoms with Gasteiger partial charge in [0, 0.05) is 25.6 Å². The topological polar surface area (TPSA) is 55.8 Å². The summed E-state index contributed by atoms with van der Waals surface area (Å²) in [5.74, 6) is 0.473. The summed E-state index contributed by atoms with van der Waals surface area (Å²) in [7, 11) is -0.328. The van der Waals surface area contributed by atoms with Gasteiger partial charge >= 0.3 is 0 Å². The fourth-order valence-electron chi connectivity index (χ4n) is 4.22. The van der Waals surface area contributed by atoms with Crippen LogP contribution in [0, 0.1) is 5.41 Å². The maximum Gasteiger partial charge on any atom is 0.243 e. The molecule has 1 spiro atoms. The second kappa shape index (κ2) is 6.83. The maximum absolute atomic E-state index is 13.1. The van der Waals surface area contributed by atoms with Crippen LogP contribution in [0.3, 0.4) is 0 Å². The molecule has 7 heteroatoms. The van der Waals surface area contributed by atoms with E-state index < -0.39 is 10.0 Å².